The minimum absolute atomic E-state index is 0.0506. The van der Waals surface area contributed by atoms with Crippen LogP contribution in [0, 0.1) is 5.92 Å². The van der Waals surface area contributed by atoms with Gasteiger partial charge in [0.25, 0.3) is 0 Å². The van der Waals surface area contributed by atoms with E-state index in [1.807, 2.05) is 0 Å². The number of carbonyl (C=O) groups is 1. The zero-order valence-electron chi connectivity index (χ0n) is 5.84. The first kappa shape index (κ1) is 6.16. The molecule has 0 bridgehead atoms. The molecular weight excluding hydrogens is 128 g/mol. The molecule has 2 fully saturated rings. The number of nitrogens with one attached hydrogen (secondary N) is 1. The normalized spacial score (nSPS) is 45.3. The largest absolute Gasteiger partial charge is 0.352 e. The maximum atomic E-state index is 11.0. The topological polar surface area (TPSA) is 55.1 Å². The third-order valence-corrected chi connectivity index (χ3v) is 2.66. The van der Waals surface area contributed by atoms with Crippen LogP contribution >= 0.6 is 0 Å². The van der Waals surface area contributed by atoms with Crippen molar-refractivity contribution < 1.29 is 4.79 Å². The Kier molecular flexibility index (Phi) is 1.20. The second-order valence-electron chi connectivity index (χ2n) is 3.24. The van der Waals surface area contributed by atoms with Crippen molar-refractivity contribution >= 4 is 5.91 Å². The molecule has 0 radical (unpaired) electrons. The van der Waals surface area contributed by atoms with E-state index in [2.05, 4.69) is 5.32 Å². The van der Waals surface area contributed by atoms with E-state index in [1.54, 1.807) is 0 Å². The van der Waals surface area contributed by atoms with Gasteiger partial charge in [-0.2, -0.15) is 0 Å². The van der Waals surface area contributed by atoms with Gasteiger partial charge >= 0.3 is 0 Å². The SMILES string of the molecule is NC1C(=O)N[C@H]2CCC[C@@H]12. The van der Waals surface area contributed by atoms with Gasteiger partial charge in [0, 0.05) is 12.0 Å². The fourth-order valence-corrected chi connectivity index (χ4v) is 2.07. The van der Waals surface area contributed by atoms with Crippen molar-refractivity contribution in [3.8, 4) is 0 Å². The van der Waals surface area contributed by atoms with Crippen molar-refractivity contribution in [3.05, 3.63) is 0 Å². The van der Waals surface area contributed by atoms with Crippen molar-refractivity contribution in [2.24, 2.45) is 11.7 Å². The number of nitrogens with two attached hydrogens (primary N) is 1. The first-order valence-corrected chi connectivity index (χ1v) is 3.85. The van der Waals surface area contributed by atoms with Gasteiger partial charge in [0.1, 0.15) is 0 Å². The van der Waals surface area contributed by atoms with Gasteiger partial charge in [0.2, 0.25) is 5.91 Å². The summed E-state index contributed by atoms with van der Waals surface area (Å²) in [6, 6.07) is 0.190. The number of fused-ring (bicyclic) bond motifs is 1. The van der Waals surface area contributed by atoms with E-state index < -0.39 is 0 Å². The predicted octanol–water partition coefficient (Wildman–Crippen LogP) is -0.388. The highest BCUT2D eigenvalue weighted by atomic mass is 16.2. The zero-order chi connectivity index (χ0) is 7.14. The van der Waals surface area contributed by atoms with E-state index in [0.717, 1.165) is 12.8 Å². The Balaban J connectivity index is 2.16. The second kappa shape index (κ2) is 1.95. The van der Waals surface area contributed by atoms with Crippen LogP contribution in [-0.4, -0.2) is 18.0 Å². The highest BCUT2D eigenvalue weighted by Gasteiger charge is 2.42. The summed E-state index contributed by atoms with van der Waals surface area (Å²) in [6.07, 6.45) is 3.48. The van der Waals surface area contributed by atoms with Crippen LogP contribution in [0.5, 0.6) is 0 Å². The molecule has 3 N–H and O–H groups in total. The summed E-state index contributed by atoms with van der Waals surface area (Å²) in [6.45, 7) is 0. The van der Waals surface area contributed by atoms with E-state index >= 15 is 0 Å². The Morgan fingerprint density at radius 2 is 2.30 bits per heavy atom. The summed E-state index contributed by atoms with van der Waals surface area (Å²) in [5.74, 6) is 0.488. The standard InChI is InChI=1S/C7H12N2O/c8-6-4-2-1-3-5(4)9-7(6)10/h4-6H,1-3,8H2,(H,9,10)/t4-,5+,6?/m1/s1. The molecule has 1 unspecified atom stereocenters. The molecule has 1 heterocycles. The van der Waals surface area contributed by atoms with Gasteiger partial charge in [-0.25, -0.2) is 0 Å². The van der Waals surface area contributed by atoms with E-state index in [0.29, 0.717) is 12.0 Å². The molecule has 1 aliphatic heterocycles. The second-order valence-corrected chi connectivity index (χ2v) is 3.24. The van der Waals surface area contributed by atoms with Crippen LogP contribution in [0.4, 0.5) is 0 Å². The highest BCUT2D eigenvalue weighted by Crippen LogP contribution is 2.31. The zero-order valence-corrected chi connectivity index (χ0v) is 5.84. The molecule has 1 saturated carbocycles. The van der Waals surface area contributed by atoms with Crippen molar-refractivity contribution in [1.82, 2.24) is 5.32 Å². The van der Waals surface area contributed by atoms with Gasteiger partial charge in [0.15, 0.2) is 0 Å². The molecule has 1 saturated heterocycles. The maximum absolute atomic E-state index is 11.0. The van der Waals surface area contributed by atoms with Crippen LogP contribution in [0.25, 0.3) is 0 Å². The smallest absolute Gasteiger partial charge is 0.237 e. The summed E-state index contributed by atoms with van der Waals surface area (Å²) in [4.78, 5) is 11.0. The average molecular weight is 140 g/mol. The molecule has 1 aliphatic carbocycles. The first-order valence-electron chi connectivity index (χ1n) is 3.85. The third kappa shape index (κ3) is 0.669. The maximum Gasteiger partial charge on any atom is 0.237 e. The number of hydrogen-bond donors (Lipinski definition) is 2. The molecule has 56 valence electrons. The summed E-state index contributed by atoms with van der Waals surface area (Å²) in [5, 5.41) is 2.90. The van der Waals surface area contributed by atoms with Crippen molar-refractivity contribution in [1.29, 1.82) is 0 Å². The van der Waals surface area contributed by atoms with Crippen LogP contribution in [0.3, 0.4) is 0 Å². The molecular formula is C7H12N2O. The van der Waals surface area contributed by atoms with Gasteiger partial charge in [-0.05, 0) is 12.8 Å². The number of hydrogen-bond acceptors (Lipinski definition) is 2. The van der Waals surface area contributed by atoms with Crippen LogP contribution < -0.4 is 11.1 Å². The van der Waals surface area contributed by atoms with E-state index in [9.17, 15) is 4.79 Å². The molecule has 3 atom stereocenters. The molecule has 3 nitrogen and oxygen atoms in total. The lowest BCUT2D eigenvalue weighted by Crippen LogP contribution is -2.33. The summed E-state index contributed by atoms with van der Waals surface area (Å²) >= 11 is 0. The van der Waals surface area contributed by atoms with E-state index in [4.69, 9.17) is 5.73 Å². The lowest BCUT2D eigenvalue weighted by atomic mass is 10.0. The number of rotatable bonds is 0. The summed E-state index contributed by atoms with van der Waals surface area (Å²) in [5.41, 5.74) is 5.65. The average Bonchev–Trinajstić information content (AvgIpc) is 2.41. The molecule has 0 aromatic heterocycles. The molecule has 3 heteroatoms. The van der Waals surface area contributed by atoms with Crippen molar-refractivity contribution in [2.45, 2.75) is 31.3 Å². The summed E-state index contributed by atoms with van der Waals surface area (Å²) in [7, 11) is 0. The Morgan fingerprint density at radius 1 is 1.50 bits per heavy atom. The number of carbonyl (C=O) groups excluding carboxylic acids is 1. The summed E-state index contributed by atoms with van der Waals surface area (Å²) < 4.78 is 0. The minimum Gasteiger partial charge on any atom is -0.352 e. The van der Waals surface area contributed by atoms with E-state index in [1.165, 1.54) is 6.42 Å². The fourth-order valence-electron chi connectivity index (χ4n) is 2.07. The van der Waals surface area contributed by atoms with Gasteiger partial charge in [0.05, 0.1) is 6.04 Å². The molecule has 0 aromatic rings. The van der Waals surface area contributed by atoms with Gasteiger partial charge in [-0.3, -0.25) is 4.79 Å². The lowest BCUT2D eigenvalue weighted by Gasteiger charge is -2.08. The van der Waals surface area contributed by atoms with Crippen LogP contribution in [-0.2, 0) is 4.79 Å². The molecule has 0 spiro atoms. The third-order valence-electron chi connectivity index (χ3n) is 2.66. The Bertz CT molecular complexity index is 169. The Morgan fingerprint density at radius 3 is 3.00 bits per heavy atom. The van der Waals surface area contributed by atoms with Gasteiger partial charge in [-0.1, -0.05) is 6.42 Å². The van der Waals surface area contributed by atoms with Crippen molar-refractivity contribution in [3.63, 3.8) is 0 Å². The van der Waals surface area contributed by atoms with E-state index in [-0.39, 0.29) is 11.9 Å². The Labute approximate surface area is 60.0 Å². The molecule has 0 aromatic carbocycles. The van der Waals surface area contributed by atoms with Crippen LogP contribution in [0.15, 0.2) is 0 Å². The molecule has 2 aliphatic rings. The monoisotopic (exact) mass is 140 g/mol. The first-order chi connectivity index (χ1) is 4.79. The molecule has 1 amide bonds. The number of amides is 1. The molecule has 2 rings (SSSR count). The molecule has 10 heavy (non-hydrogen) atoms. The van der Waals surface area contributed by atoms with Crippen molar-refractivity contribution in [2.75, 3.05) is 0 Å². The fraction of sp³-hybridized carbons (Fsp3) is 0.857. The highest BCUT2D eigenvalue weighted by molar-refractivity contribution is 5.84. The quantitative estimate of drug-likeness (QED) is 0.481. The Hall–Kier alpha value is -0.570. The lowest BCUT2D eigenvalue weighted by molar-refractivity contribution is -0.120. The van der Waals surface area contributed by atoms with Gasteiger partial charge in [-0.15, -0.1) is 0 Å². The van der Waals surface area contributed by atoms with Crippen LogP contribution in [0.2, 0.25) is 0 Å². The van der Waals surface area contributed by atoms with Gasteiger partial charge < -0.3 is 11.1 Å². The minimum atomic E-state index is -0.215. The predicted molar refractivity (Wildman–Crippen MR) is 37.2 cm³/mol. The van der Waals surface area contributed by atoms with Crippen LogP contribution in [0.1, 0.15) is 19.3 Å².